The van der Waals surface area contributed by atoms with Crippen LogP contribution in [0, 0.1) is 0 Å². The number of esters is 1. The number of hydrogen-bond donors (Lipinski definition) is 1. The molecule has 0 amide bonds. The standard InChI is InChI=1S/C11H16O5/c1-6(2)15-10(13)9-8(12)5-14-11(9)16-7(3)4/h5-7,12H,1-4H3. The Bertz CT molecular complexity index is 364. The maximum Gasteiger partial charge on any atom is 0.349 e. The number of carbonyl (C=O) groups is 1. The van der Waals surface area contributed by atoms with Crippen LogP contribution in [0.2, 0.25) is 0 Å². The first kappa shape index (κ1) is 12.4. The van der Waals surface area contributed by atoms with Gasteiger partial charge < -0.3 is 19.0 Å². The summed E-state index contributed by atoms with van der Waals surface area (Å²) in [4.78, 5) is 11.6. The van der Waals surface area contributed by atoms with Crippen molar-refractivity contribution in [2.24, 2.45) is 0 Å². The smallest absolute Gasteiger partial charge is 0.349 e. The minimum atomic E-state index is -0.656. The molecule has 1 rings (SSSR count). The van der Waals surface area contributed by atoms with E-state index in [4.69, 9.17) is 13.9 Å². The Morgan fingerprint density at radius 1 is 1.31 bits per heavy atom. The third-order valence-electron chi connectivity index (χ3n) is 1.63. The zero-order chi connectivity index (χ0) is 12.3. The van der Waals surface area contributed by atoms with Gasteiger partial charge in [-0.3, -0.25) is 0 Å². The molecule has 5 heteroatoms. The van der Waals surface area contributed by atoms with Crippen molar-refractivity contribution < 1.29 is 23.8 Å². The fourth-order valence-electron chi connectivity index (χ4n) is 1.09. The first-order valence-corrected chi connectivity index (χ1v) is 5.10. The summed E-state index contributed by atoms with van der Waals surface area (Å²) < 4.78 is 15.1. The van der Waals surface area contributed by atoms with Gasteiger partial charge in [-0.15, -0.1) is 0 Å². The summed E-state index contributed by atoms with van der Waals surface area (Å²) in [6.07, 6.45) is 0.624. The maximum absolute atomic E-state index is 11.6. The van der Waals surface area contributed by atoms with Crippen molar-refractivity contribution in [3.8, 4) is 11.7 Å². The molecular formula is C11H16O5. The van der Waals surface area contributed by atoms with E-state index < -0.39 is 5.97 Å². The minimum absolute atomic E-state index is 0.0156. The Kier molecular flexibility index (Phi) is 3.82. The van der Waals surface area contributed by atoms with Gasteiger partial charge >= 0.3 is 11.9 Å². The third-order valence-corrected chi connectivity index (χ3v) is 1.63. The molecule has 0 spiro atoms. The Morgan fingerprint density at radius 3 is 2.44 bits per heavy atom. The van der Waals surface area contributed by atoms with Crippen LogP contribution in [0.25, 0.3) is 0 Å². The molecule has 0 aromatic carbocycles. The Labute approximate surface area is 94.0 Å². The van der Waals surface area contributed by atoms with Crippen molar-refractivity contribution in [1.82, 2.24) is 0 Å². The molecule has 0 radical (unpaired) electrons. The molecule has 1 heterocycles. The van der Waals surface area contributed by atoms with Gasteiger partial charge in [-0.2, -0.15) is 0 Å². The molecule has 5 nitrogen and oxygen atoms in total. The molecule has 0 bridgehead atoms. The summed E-state index contributed by atoms with van der Waals surface area (Å²) in [5.41, 5.74) is -0.0672. The lowest BCUT2D eigenvalue weighted by Crippen LogP contribution is -2.14. The predicted molar refractivity (Wildman–Crippen MR) is 56.7 cm³/mol. The molecule has 0 atom stereocenters. The van der Waals surface area contributed by atoms with Crippen LogP contribution in [0.5, 0.6) is 11.7 Å². The number of hydrogen-bond acceptors (Lipinski definition) is 5. The predicted octanol–water partition coefficient (Wildman–Crippen LogP) is 2.34. The molecule has 0 aliphatic heterocycles. The highest BCUT2D eigenvalue weighted by Gasteiger charge is 2.25. The van der Waals surface area contributed by atoms with E-state index in [1.54, 1.807) is 27.7 Å². The molecule has 0 saturated heterocycles. The fourth-order valence-corrected chi connectivity index (χ4v) is 1.09. The van der Waals surface area contributed by atoms with Gasteiger partial charge in [0.25, 0.3) is 0 Å². The minimum Gasteiger partial charge on any atom is -0.504 e. The lowest BCUT2D eigenvalue weighted by atomic mass is 10.3. The highest BCUT2D eigenvalue weighted by molar-refractivity contribution is 5.94. The lowest BCUT2D eigenvalue weighted by molar-refractivity contribution is 0.0365. The molecule has 1 aromatic rings. The highest BCUT2D eigenvalue weighted by atomic mass is 16.6. The largest absolute Gasteiger partial charge is 0.504 e. The summed E-state index contributed by atoms with van der Waals surface area (Å²) in [5.74, 6) is -0.948. The number of furan rings is 1. The Morgan fingerprint density at radius 2 is 1.94 bits per heavy atom. The van der Waals surface area contributed by atoms with E-state index in [9.17, 15) is 9.90 Å². The van der Waals surface area contributed by atoms with Gasteiger partial charge in [0.15, 0.2) is 11.3 Å². The van der Waals surface area contributed by atoms with Crippen LogP contribution in [0.1, 0.15) is 38.1 Å². The van der Waals surface area contributed by atoms with Crippen LogP contribution in [0.3, 0.4) is 0 Å². The summed E-state index contributed by atoms with van der Waals surface area (Å²) in [6.45, 7) is 7.02. The summed E-state index contributed by atoms with van der Waals surface area (Å²) in [5, 5.41) is 9.45. The van der Waals surface area contributed by atoms with Crippen molar-refractivity contribution in [2.45, 2.75) is 39.9 Å². The molecule has 16 heavy (non-hydrogen) atoms. The van der Waals surface area contributed by atoms with E-state index in [1.165, 1.54) is 0 Å². The van der Waals surface area contributed by atoms with Gasteiger partial charge in [0.1, 0.15) is 6.26 Å². The van der Waals surface area contributed by atoms with Gasteiger partial charge in [0, 0.05) is 0 Å². The SMILES string of the molecule is CC(C)OC(=O)c1c(O)coc1OC(C)C. The second-order valence-corrected chi connectivity index (χ2v) is 3.90. The van der Waals surface area contributed by atoms with E-state index >= 15 is 0 Å². The molecule has 0 aliphatic rings. The van der Waals surface area contributed by atoms with Crippen molar-refractivity contribution in [2.75, 3.05) is 0 Å². The van der Waals surface area contributed by atoms with Gasteiger partial charge in [0.05, 0.1) is 12.2 Å². The first-order chi connectivity index (χ1) is 7.41. The van der Waals surface area contributed by atoms with Crippen LogP contribution >= 0.6 is 0 Å². The summed E-state index contributed by atoms with van der Waals surface area (Å²) in [7, 11) is 0. The van der Waals surface area contributed by atoms with E-state index in [1.807, 2.05) is 0 Å². The Balaban J connectivity index is 2.92. The monoisotopic (exact) mass is 228 g/mol. The fraction of sp³-hybridized carbons (Fsp3) is 0.545. The van der Waals surface area contributed by atoms with E-state index in [2.05, 4.69) is 0 Å². The van der Waals surface area contributed by atoms with Crippen LogP contribution < -0.4 is 4.74 Å². The second kappa shape index (κ2) is 4.92. The average molecular weight is 228 g/mol. The van der Waals surface area contributed by atoms with Crippen LogP contribution in [0.4, 0.5) is 0 Å². The first-order valence-electron chi connectivity index (χ1n) is 5.10. The Hall–Kier alpha value is -1.65. The maximum atomic E-state index is 11.6. The summed E-state index contributed by atoms with van der Waals surface area (Å²) in [6, 6.07) is 0. The molecule has 0 aliphatic carbocycles. The van der Waals surface area contributed by atoms with Crippen molar-refractivity contribution in [3.63, 3.8) is 0 Å². The van der Waals surface area contributed by atoms with Gasteiger partial charge in [-0.25, -0.2) is 4.79 Å². The molecule has 1 aromatic heterocycles. The quantitative estimate of drug-likeness (QED) is 0.801. The van der Waals surface area contributed by atoms with Gasteiger partial charge in [-0.1, -0.05) is 0 Å². The average Bonchev–Trinajstić information content (AvgIpc) is 2.44. The van der Waals surface area contributed by atoms with Crippen LogP contribution in [-0.2, 0) is 4.74 Å². The normalized spacial score (nSPS) is 10.9. The molecular weight excluding hydrogens is 212 g/mol. The van der Waals surface area contributed by atoms with Crippen molar-refractivity contribution in [1.29, 1.82) is 0 Å². The van der Waals surface area contributed by atoms with E-state index in [-0.39, 0.29) is 29.5 Å². The molecule has 0 unspecified atom stereocenters. The lowest BCUT2D eigenvalue weighted by Gasteiger charge is -2.10. The van der Waals surface area contributed by atoms with E-state index in [0.717, 1.165) is 6.26 Å². The number of carbonyl (C=O) groups excluding carboxylic acids is 1. The van der Waals surface area contributed by atoms with Crippen LogP contribution in [-0.4, -0.2) is 23.3 Å². The van der Waals surface area contributed by atoms with Gasteiger partial charge in [-0.05, 0) is 27.7 Å². The summed E-state index contributed by atoms with van der Waals surface area (Å²) >= 11 is 0. The zero-order valence-electron chi connectivity index (χ0n) is 9.81. The number of aromatic hydroxyl groups is 1. The second-order valence-electron chi connectivity index (χ2n) is 3.90. The zero-order valence-corrected chi connectivity index (χ0v) is 9.81. The number of ether oxygens (including phenoxy) is 2. The molecule has 1 N–H and O–H groups in total. The third kappa shape index (κ3) is 2.92. The topological polar surface area (TPSA) is 68.9 Å². The number of rotatable bonds is 4. The van der Waals surface area contributed by atoms with Crippen molar-refractivity contribution >= 4 is 5.97 Å². The van der Waals surface area contributed by atoms with Gasteiger partial charge in [0.2, 0.25) is 0 Å². The molecule has 0 fully saturated rings. The van der Waals surface area contributed by atoms with E-state index in [0.29, 0.717) is 0 Å². The molecule has 90 valence electrons. The van der Waals surface area contributed by atoms with Crippen molar-refractivity contribution in [3.05, 3.63) is 11.8 Å². The highest BCUT2D eigenvalue weighted by Crippen LogP contribution is 2.31. The molecule has 0 saturated carbocycles. The van der Waals surface area contributed by atoms with Crippen LogP contribution in [0.15, 0.2) is 10.7 Å².